The Morgan fingerprint density at radius 1 is 0.842 bits per heavy atom. The van der Waals surface area contributed by atoms with E-state index in [1.165, 1.54) is 27.8 Å². The van der Waals surface area contributed by atoms with E-state index in [0.29, 0.717) is 6.42 Å². The molecule has 0 aliphatic heterocycles. The van der Waals surface area contributed by atoms with Crippen molar-refractivity contribution in [2.75, 3.05) is 0 Å². The number of aryl methyl sites for hydroxylation is 4. The Labute approximate surface area is 115 Å². The number of aliphatic hydroxyl groups excluding tert-OH is 1. The van der Waals surface area contributed by atoms with Gasteiger partial charge in [-0.25, -0.2) is 0 Å². The van der Waals surface area contributed by atoms with Gasteiger partial charge in [-0.2, -0.15) is 0 Å². The number of hydrogen-bond acceptors (Lipinski definition) is 1. The molecule has 2 aromatic carbocycles. The first kappa shape index (κ1) is 13.8. The van der Waals surface area contributed by atoms with Crippen molar-refractivity contribution in [3.8, 4) is 0 Å². The van der Waals surface area contributed by atoms with Crippen LogP contribution in [0.3, 0.4) is 0 Å². The van der Waals surface area contributed by atoms with E-state index in [4.69, 9.17) is 0 Å². The van der Waals surface area contributed by atoms with Crippen LogP contribution in [-0.2, 0) is 6.42 Å². The lowest BCUT2D eigenvalue weighted by atomic mass is 9.96. The van der Waals surface area contributed by atoms with E-state index in [9.17, 15) is 5.11 Å². The fourth-order valence-corrected chi connectivity index (χ4v) is 2.50. The highest BCUT2D eigenvalue weighted by Gasteiger charge is 2.10. The second-order valence-corrected chi connectivity index (χ2v) is 5.56. The summed E-state index contributed by atoms with van der Waals surface area (Å²) in [6.45, 7) is 8.37. The highest BCUT2D eigenvalue weighted by Crippen LogP contribution is 2.22. The van der Waals surface area contributed by atoms with E-state index in [-0.39, 0.29) is 0 Å². The van der Waals surface area contributed by atoms with E-state index >= 15 is 0 Å². The predicted molar refractivity (Wildman–Crippen MR) is 80.5 cm³/mol. The van der Waals surface area contributed by atoms with Crippen molar-refractivity contribution < 1.29 is 5.11 Å². The Morgan fingerprint density at radius 3 is 2.05 bits per heavy atom. The largest absolute Gasteiger partial charge is 0.388 e. The first-order chi connectivity index (χ1) is 8.95. The van der Waals surface area contributed by atoms with Gasteiger partial charge in [0.1, 0.15) is 0 Å². The van der Waals surface area contributed by atoms with Crippen molar-refractivity contribution in [3.63, 3.8) is 0 Å². The van der Waals surface area contributed by atoms with E-state index in [0.717, 1.165) is 5.56 Å². The summed E-state index contributed by atoms with van der Waals surface area (Å²) in [5.41, 5.74) is 7.20. The minimum absolute atomic E-state index is 0.430. The average molecular weight is 254 g/mol. The molecule has 0 aromatic heterocycles. The lowest BCUT2D eigenvalue weighted by Gasteiger charge is -2.14. The Kier molecular flexibility index (Phi) is 4.06. The summed E-state index contributed by atoms with van der Waals surface area (Å²) >= 11 is 0. The SMILES string of the molecule is Cc1cc(C)cc(CC(O)c2ccc(C)c(C)c2)c1. The standard InChI is InChI=1S/C18H22O/c1-12-7-13(2)9-16(8-12)11-18(19)17-6-5-14(3)15(4)10-17/h5-10,18-19H,11H2,1-4H3. The maximum absolute atomic E-state index is 10.4. The van der Waals surface area contributed by atoms with E-state index in [2.05, 4.69) is 58.0 Å². The monoisotopic (exact) mass is 254 g/mol. The van der Waals surface area contributed by atoms with Gasteiger partial charge in [0, 0.05) is 6.42 Å². The highest BCUT2D eigenvalue weighted by atomic mass is 16.3. The zero-order chi connectivity index (χ0) is 14.0. The van der Waals surface area contributed by atoms with Gasteiger partial charge in [0.05, 0.1) is 6.10 Å². The minimum Gasteiger partial charge on any atom is -0.388 e. The van der Waals surface area contributed by atoms with Crippen LogP contribution in [0.5, 0.6) is 0 Å². The topological polar surface area (TPSA) is 20.2 Å². The van der Waals surface area contributed by atoms with Crippen molar-refractivity contribution >= 4 is 0 Å². The van der Waals surface area contributed by atoms with Gasteiger partial charge in [0.15, 0.2) is 0 Å². The smallest absolute Gasteiger partial charge is 0.0830 e. The number of benzene rings is 2. The third kappa shape index (κ3) is 3.45. The van der Waals surface area contributed by atoms with Gasteiger partial charge in [-0.05, 0) is 49.9 Å². The van der Waals surface area contributed by atoms with Crippen LogP contribution in [0.15, 0.2) is 36.4 Å². The second-order valence-electron chi connectivity index (χ2n) is 5.56. The molecule has 1 atom stereocenters. The van der Waals surface area contributed by atoms with Crippen molar-refractivity contribution in [1.29, 1.82) is 0 Å². The molecule has 1 N–H and O–H groups in total. The molecular weight excluding hydrogens is 232 g/mol. The Balaban J connectivity index is 2.20. The summed E-state index contributed by atoms with van der Waals surface area (Å²) in [6.07, 6.45) is 0.242. The summed E-state index contributed by atoms with van der Waals surface area (Å²) in [5, 5.41) is 10.4. The van der Waals surface area contributed by atoms with Crippen molar-refractivity contribution in [3.05, 3.63) is 69.8 Å². The van der Waals surface area contributed by atoms with Crippen LogP contribution in [0, 0.1) is 27.7 Å². The Hall–Kier alpha value is -1.60. The molecule has 0 aliphatic rings. The normalized spacial score (nSPS) is 12.5. The lowest BCUT2D eigenvalue weighted by Crippen LogP contribution is -2.03. The number of rotatable bonds is 3. The van der Waals surface area contributed by atoms with E-state index < -0.39 is 6.10 Å². The molecule has 1 nitrogen and oxygen atoms in total. The molecule has 0 fully saturated rings. The van der Waals surface area contributed by atoms with E-state index in [1.54, 1.807) is 0 Å². The summed E-state index contributed by atoms with van der Waals surface area (Å²) in [6, 6.07) is 12.6. The van der Waals surface area contributed by atoms with Crippen LogP contribution in [0.4, 0.5) is 0 Å². The van der Waals surface area contributed by atoms with Crippen LogP contribution >= 0.6 is 0 Å². The van der Waals surface area contributed by atoms with Gasteiger partial charge < -0.3 is 5.11 Å². The van der Waals surface area contributed by atoms with Crippen LogP contribution in [0.25, 0.3) is 0 Å². The summed E-state index contributed by atoms with van der Waals surface area (Å²) in [7, 11) is 0. The van der Waals surface area contributed by atoms with Crippen LogP contribution < -0.4 is 0 Å². The predicted octanol–water partition coefficient (Wildman–Crippen LogP) is 4.20. The fraction of sp³-hybridized carbons (Fsp3) is 0.333. The molecular formula is C18H22O. The molecule has 0 radical (unpaired) electrons. The number of aliphatic hydroxyl groups is 1. The van der Waals surface area contributed by atoms with Gasteiger partial charge >= 0.3 is 0 Å². The molecule has 2 rings (SSSR count). The third-order valence-corrected chi connectivity index (χ3v) is 3.63. The highest BCUT2D eigenvalue weighted by molar-refractivity contribution is 5.33. The molecule has 0 saturated heterocycles. The Bertz CT molecular complexity index is 564. The molecule has 1 heteroatoms. The molecule has 2 aromatic rings. The fourth-order valence-electron chi connectivity index (χ4n) is 2.50. The van der Waals surface area contributed by atoms with Crippen LogP contribution in [0.1, 0.15) is 39.5 Å². The third-order valence-electron chi connectivity index (χ3n) is 3.63. The van der Waals surface area contributed by atoms with Gasteiger partial charge in [0.25, 0.3) is 0 Å². The first-order valence-corrected chi connectivity index (χ1v) is 6.78. The van der Waals surface area contributed by atoms with Gasteiger partial charge in [-0.15, -0.1) is 0 Å². The van der Waals surface area contributed by atoms with Crippen LogP contribution in [0.2, 0.25) is 0 Å². The molecule has 19 heavy (non-hydrogen) atoms. The molecule has 0 saturated carbocycles. The lowest BCUT2D eigenvalue weighted by molar-refractivity contribution is 0.178. The van der Waals surface area contributed by atoms with Crippen molar-refractivity contribution in [2.45, 2.75) is 40.2 Å². The van der Waals surface area contributed by atoms with E-state index in [1.807, 2.05) is 6.07 Å². The van der Waals surface area contributed by atoms with Gasteiger partial charge in [-0.3, -0.25) is 0 Å². The van der Waals surface area contributed by atoms with Gasteiger partial charge in [0.2, 0.25) is 0 Å². The second kappa shape index (κ2) is 5.58. The molecule has 0 heterocycles. The first-order valence-electron chi connectivity index (χ1n) is 6.78. The zero-order valence-electron chi connectivity index (χ0n) is 12.2. The summed E-state index contributed by atoms with van der Waals surface area (Å²) < 4.78 is 0. The van der Waals surface area contributed by atoms with Crippen molar-refractivity contribution in [2.24, 2.45) is 0 Å². The van der Waals surface area contributed by atoms with Gasteiger partial charge in [-0.1, -0.05) is 47.5 Å². The molecule has 0 amide bonds. The zero-order valence-corrected chi connectivity index (χ0v) is 12.2. The molecule has 100 valence electrons. The minimum atomic E-state index is -0.430. The maximum atomic E-state index is 10.4. The quantitative estimate of drug-likeness (QED) is 0.870. The molecule has 1 unspecified atom stereocenters. The maximum Gasteiger partial charge on any atom is 0.0830 e. The molecule has 0 bridgehead atoms. The summed E-state index contributed by atoms with van der Waals surface area (Å²) in [4.78, 5) is 0. The molecule has 0 aliphatic carbocycles. The Morgan fingerprint density at radius 2 is 1.47 bits per heavy atom. The average Bonchev–Trinajstić information content (AvgIpc) is 2.31. The summed E-state index contributed by atoms with van der Waals surface area (Å²) in [5.74, 6) is 0. The van der Waals surface area contributed by atoms with Crippen molar-refractivity contribution in [1.82, 2.24) is 0 Å². The van der Waals surface area contributed by atoms with Crippen LogP contribution in [-0.4, -0.2) is 5.11 Å². The number of hydrogen-bond donors (Lipinski definition) is 1. The molecule has 0 spiro atoms.